The summed E-state index contributed by atoms with van der Waals surface area (Å²) < 4.78 is 9.10. The fourth-order valence-electron chi connectivity index (χ4n) is 0.670. The first-order chi connectivity index (χ1) is 8.43. The van der Waals surface area contributed by atoms with Crippen molar-refractivity contribution in [3.8, 4) is 0 Å². The fraction of sp³-hybridized carbons (Fsp3) is 0.667. The summed E-state index contributed by atoms with van der Waals surface area (Å²) in [6.07, 6.45) is 0. The number of nitrogens with one attached hydrogen (secondary N) is 1. The van der Waals surface area contributed by atoms with Crippen molar-refractivity contribution in [3.63, 3.8) is 0 Å². The van der Waals surface area contributed by atoms with Gasteiger partial charge >= 0.3 is 0 Å². The van der Waals surface area contributed by atoms with E-state index >= 15 is 0 Å². The van der Waals surface area contributed by atoms with Crippen LogP contribution in [0.4, 0.5) is 0 Å². The minimum Gasteiger partial charge on any atom is -0.472 e. The van der Waals surface area contributed by atoms with Crippen LogP contribution in [0.25, 0.3) is 0 Å². The van der Waals surface area contributed by atoms with E-state index in [-0.39, 0.29) is 29.8 Å². The molecule has 1 aliphatic heterocycles. The van der Waals surface area contributed by atoms with Gasteiger partial charge in [0, 0.05) is 26.0 Å². The Morgan fingerprint density at radius 1 is 1.26 bits per heavy atom. The zero-order valence-corrected chi connectivity index (χ0v) is 16.7. The monoisotopic (exact) mass is 376 g/mol. The van der Waals surface area contributed by atoms with E-state index in [4.69, 9.17) is 11.5 Å². The predicted octanol–water partition coefficient (Wildman–Crippen LogP) is 0.406. The van der Waals surface area contributed by atoms with Gasteiger partial charge in [-0.05, 0) is 38.3 Å². The van der Waals surface area contributed by atoms with Gasteiger partial charge in [0.05, 0.1) is 19.8 Å². The van der Waals surface area contributed by atoms with E-state index in [1.165, 1.54) is 0 Å². The largest absolute Gasteiger partial charge is 0.472 e. The standard InChI is InChI=1S/C3H6N2S.2C3H7NOS.Zn/c6-3-4-1-2-5-3;2*1-2-5-3(4)6;/h1-2H2,(H2,4,5,6);2*2H2,1H3,(H2,4,6);. The van der Waals surface area contributed by atoms with Gasteiger partial charge in [-0.15, -0.1) is 12.6 Å². The van der Waals surface area contributed by atoms with Crippen LogP contribution >= 0.6 is 37.1 Å². The minimum atomic E-state index is 0. The molecule has 5 N–H and O–H groups in total. The molecule has 108 valence electrons. The molecule has 1 aliphatic rings. The summed E-state index contributed by atoms with van der Waals surface area (Å²) in [5, 5.41) is 3.95. The number of hydrogen-bond acceptors (Lipinski definition) is 6. The summed E-state index contributed by atoms with van der Waals surface area (Å²) >= 11 is 12.6. The Balaban J connectivity index is -0.000000197. The van der Waals surface area contributed by atoms with Gasteiger partial charge in [0.25, 0.3) is 10.3 Å². The molecule has 1 rings (SSSR count). The van der Waals surface area contributed by atoms with Crippen LogP contribution in [0.1, 0.15) is 13.8 Å². The van der Waals surface area contributed by atoms with E-state index in [1.54, 1.807) is 0 Å². The van der Waals surface area contributed by atoms with E-state index in [9.17, 15) is 0 Å². The second-order valence-corrected chi connectivity index (χ2v) is 3.86. The number of thiocarbonyl (C=S) groups is 2. The average molecular weight is 378 g/mol. The van der Waals surface area contributed by atoms with E-state index < -0.39 is 0 Å². The van der Waals surface area contributed by atoms with E-state index in [1.807, 2.05) is 13.8 Å². The van der Waals surface area contributed by atoms with Crippen LogP contribution in [0.5, 0.6) is 0 Å². The SMILES string of the molecule is CCOC(N)=S.CCOC(N)=S.SC1=NCCN1.[Zn]. The maximum atomic E-state index is 4.91. The van der Waals surface area contributed by atoms with Crippen LogP contribution in [-0.2, 0) is 29.0 Å². The van der Waals surface area contributed by atoms with Crippen LogP contribution in [0.3, 0.4) is 0 Å². The van der Waals surface area contributed by atoms with Gasteiger partial charge < -0.3 is 26.3 Å². The first-order valence-electron chi connectivity index (χ1n) is 5.25. The Hall–Kier alpha value is -0.177. The maximum absolute atomic E-state index is 4.91. The van der Waals surface area contributed by atoms with Gasteiger partial charge in [0.15, 0.2) is 5.17 Å². The Morgan fingerprint density at radius 3 is 1.74 bits per heavy atom. The number of nitrogens with zero attached hydrogens (tertiary/aromatic N) is 1. The van der Waals surface area contributed by atoms with E-state index in [0.717, 1.165) is 18.3 Å². The number of aliphatic imine (C=N–C) groups is 1. The number of ether oxygens (including phenoxy) is 2. The third-order valence-corrected chi connectivity index (χ3v) is 1.76. The molecule has 0 radical (unpaired) electrons. The van der Waals surface area contributed by atoms with Gasteiger partial charge in [0.1, 0.15) is 0 Å². The molecular weight excluding hydrogens is 358 g/mol. The molecule has 0 unspecified atom stereocenters. The van der Waals surface area contributed by atoms with Crippen LogP contribution in [-0.4, -0.2) is 41.8 Å². The first-order valence-corrected chi connectivity index (χ1v) is 6.52. The van der Waals surface area contributed by atoms with Crippen molar-refractivity contribution in [2.75, 3.05) is 26.3 Å². The second-order valence-electron chi connectivity index (χ2n) is 2.64. The van der Waals surface area contributed by atoms with Crippen LogP contribution in [0.15, 0.2) is 4.99 Å². The quantitative estimate of drug-likeness (QED) is 0.314. The molecule has 0 aromatic rings. The molecule has 0 atom stereocenters. The van der Waals surface area contributed by atoms with Crippen molar-refractivity contribution in [3.05, 3.63) is 0 Å². The van der Waals surface area contributed by atoms with Crippen molar-refractivity contribution in [2.24, 2.45) is 16.5 Å². The van der Waals surface area contributed by atoms with Crippen LogP contribution < -0.4 is 16.8 Å². The molecular formula is C9H20N4O2S3Zn. The molecule has 0 saturated heterocycles. The molecule has 10 heteroatoms. The van der Waals surface area contributed by atoms with Gasteiger partial charge in [-0.25, -0.2) is 0 Å². The minimum absolute atomic E-state index is 0. The summed E-state index contributed by atoms with van der Waals surface area (Å²) in [7, 11) is 0. The van der Waals surface area contributed by atoms with Crippen molar-refractivity contribution in [2.45, 2.75) is 13.8 Å². The molecule has 19 heavy (non-hydrogen) atoms. The molecule has 0 aromatic heterocycles. The van der Waals surface area contributed by atoms with Gasteiger partial charge in [-0.2, -0.15) is 0 Å². The summed E-state index contributed by atoms with van der Waals surface area (Å²) in [4.78, 5) is 3.91. The average Bonchev–Trinajstić information content (AvgIpc) is 2.70. The fourth-order valence-corrected chi connectivity index (χ4v) is 1.12. The van der Waals surface area contributed by atoms with Crippen molar-refractivity contribution in [1.29, 1.82) is 0 Å². The Labute approximate surface area is 143 Å². The van der Waals surface area contributed by atoms with Crippen LogP contribution in [0.2, 0.25) is 0 Å². The van der Waals surface area contributed by atoms with Crippen molar-refractivity contribution >= 4 is 52.6 Å². The molecule has 0 saturated carbocycles. The topological polar surface area (TPSA) is 94.9 Å². The predicted molar refractivity (Wildman–Crippen MR) is 86.1 cm³/mol. The third-order valence-electron chi connectivity index (χ3n) is 1.23. The number of hydrogen-bond donors (Lipinski definition) is 4. The number of rotatable bonds is 2. The van der Waals surface area contributed by atoms with Crippen molar-refractivity contribution in [1.82, 2.24) is 5.32 Å². The molecule has 0 amide bonds. The molecule has 0 fully saturated rings. The third kappa shape index (κ3) is 27.1. The maximum Gasteiger partial charge on any atom is 0.253 e. The van der Waals surface area contributed by atoms with Gasteiger partial charge in [0.2, 0.25) is 0 Å². The Kier molecular flexibility index (Phi) is 22.4. The summed E-state index contributed by atoms with van der Waals surface area (Å²) in [6, 6.07) is 0. The molecule has 0 aromatic carbocycles. The van der Waals surface area contributed by atoms with Gasteiger partial charge in [-0.1, -0.05) is 0 Å². The zero-order chi connectivity index (χ0) is 14.4. The summed E-state index contributed by atoms with van der Waals surface area (Å²) in [5.74, 6) is 0. The smallest absolute Gasteiger partial charge is 0.253 e. The summed E-state index contributed by atoms with van der Waals surface area (Å²) in [6.45, 7) is 6.64. The normalized spacial score (nSPS) is 11.0. The van der Waals surface area contributed by atoms with E-state index in [0.29, 0.717) is 13.2 Å². The van der Waals surface area contributed by atoms with E-state index in [2.05, 4.69) is 56.8 Å². The second kappa shape index (κ2) is 17.8. The molecule has 6 nitrogen and oxygen atoms in total. The molecule has 0 aliphatic carbocycles. The first kappa shape index (κ1) is 23.9. The Bertz CT molecular complexity index is 264. The van der Waals surface area contributed by atoms with Gasteiger partial charge in [-0.3, -0.25) is 4.99 Å². The molecule has 1 heterocycles. The number of amidine groups is 1. The van der Waals surface area contributed by atoms with Crippen LogP contribution in [0, 0.1) is 0 Å². The zero-order valence-electron chi connectivity index (χ0n) is 11.2. The molecule has 0 bridgehead atoms. The number of thiol groups is 1. The summed E-state index contributed by atoms with van der Waals surface area (Å²) in [5.41, 5.74) is 9.82. The van der Waals surface area contributed by atoms with Crippen molar-refractivity contribution < 1.29 is 29.0 Å². The Morgan fingerprint density at radius 2 is 1.68 bits per heavy atom. The number of nitrogens with two attached hydrogens (primary N) is 2. The molecule has 0 spiro atoms.